The number of carbonyl (C=O) groups excluding carboxylic acids is 1. The maximum absolute atomic E-state index is 11.0. The topological polar surface area (TPSA) is 63.6 Å². The normalized spacial score (nSPS) is 11.3. The molecule has 0 aromatic rings. The van der Waals surface area contributed by atoms with Crippen molar-refractivity contribution in [3.05, 3.63) is 25.5 Å². The van der Waals surface area contributed by atoms with Crippen LogP contribution in [0.25, 0.3) is 0 Å². The summed E-state index contributed by atoms with van der Waals surface area (Å²) in [4.78, 5) is 21.8. The minimum atomic E-state index is -0.735. The average molecular weight is 509 g/mol. The van der Waals surface area contributed by atoms with E-state index in [1.807, 2.05) is 0 Å². The molecular weight excluding hydrogens is 448 g/mol. The number of carbonyl (C=O) groups is 2. The Kier molecular flexibility index (Phi) is 32.0. The summed E-state index contributed by atoms with van der Waals surface area (Å²) in [5.41, 5.74) is 0. The third-order valence-electron chi connectivity index (χ3n) is 6.67. The van der Waals surface area contributed by atoms with E-state index in [0.29, 0.717) is 6.42 Å². The molecule has 0 radical (unpaired) electrons. The van der Waals surface area contributed by atoms with Crippen molar-refractivity contribution in [2.75, 3.05) is 0 Å². The number of carboxylic acids is 1. The van der Waals surface area contributed by atoms with Gasteiger partial charge in [-0.15, -0.1) is 6.58 Å². The van der Waals surface area contributed by atoms with Gasteiger partial charge in [0.05, 0.1) is 12.2 Å². The maximum Gasteiger partial charge on any atom is 0.310 e. The lowest BCUT2D eigenvalue weighted by atomic mass is 10.00. The Bertz CT molecular complexity index is 498. The van der Waals surface area contributed by atoms with Gasteiger partial charge in [-0.2, -0.15) is 0 Å². The summed E-state index contributed by atoms with van der Waals surface area (Å²) >= 11 is 0. The Morgan fingerprint density at radius 1 is 0.639 bits per heavy atom. The zero-order valence-corrected chi connectivity index (χ0v) is 24.1. The Morgan fingerprint density at radius 3 is 1.33 bits per heavy atom. The lowest BCUT2D eigenvalue weighted by Crippen LogP contribution is -2.10. The fourth-order valence-corrected chi connectivity index (χ4v) is 4.28. The average Bonchev–Trinajstić information content (AvgIpc) is 2.86. The molecule has 0 fully saturated rings. The number of unbranched alkanes of at least 4 members (excludes halogenated alkanes) is 19. The molecule has 0 heterocycles. The van der Waals surface area contributed by atoms with Gasteiger partial charge >= 0.3 is 11.9 Å². The highest BCUT2D eigenvalue weighted by Gasteiger charge is 2.11. The highest BCUT2D eigenvalue weighted by atomic mass is 16.5. The number of aliphatic carboxylic acids is 1. The number of ether oxygens (including phenoxy) is 1. The van der Waals surface area contributed by atoms with E-state index in [-0.39, 0.29) is 11.9 Å². The van der Waals surface area contributed by atoms with Gasteiger partial charge in [0.25, 0.3) is 0 Å². The number of hydrogen-bond acceptors (Lipinski definition) is 3. The van der Waals surface area contributed by atoms with E-state index in [4.69, 9.17) is 5.11 Å². The highest BCUT2D eigenvalue weighted by Crippen LogP contribution is 2.15. The van der Waals surface area contributed by atoms with Crippen LogP contribution in [0.1, 0.15) is 162 Å². The summed E-state index contributed by atoms with van der Waals surface area (Å²) in [6.45, 7) is 11.4. The van der Waals surface area contributed by atoms with E-state index in [0.717, 1.165) is 32.1 Å². The van der Waals surface area contributed by atoms with Crippen LogP contribution in [0.5, 0.6) is 0 Å². The molecule has 0 aliphatic carbocycles. The summed E-state index contributed by atoms with van der Waals surface area (Å²) < 4.78 is 4.66. The lowest BCUT2D eigenvalue weighted by Gasteiger charge is -2.06. The molecule has 0 saturated heterocycles. The quantitative estimate of drug-likeness (QED) is 0.0546. The molecule has 4 nitrogen and oxygen atoms in total. The Morgan fingerprint density at radius 2 is 1.00 bits per heavy atom. The fourth-order valence-electron chi connectivity index (χ4n) is 4.28. The van der Waals surface area contributed by atoms with E-state index >= 15 is 0 Å². The van der Waals surface area contributed by atoms with Gasteiger partial charge in [0.2, 0.25) is 0 Å². The molecular formula is C32H60O4. The predicted molar refractivity (Wildman–Crippen MR) is 155 cm³/mol. The zero-order chi connectivity index (χ0) is 27.1. The van der Waals surface area contributed by atoms with E-state index in [2.05, 4.69) is 31.7 Å². The molecule has 1 N–H and O–H groups in total. The summed E-state index contributed by atoms with van der Waals surface area (Å²) in [6.07, 6.45) is 31.2. The van der Waals surface area contributed by atoms with Crippen LogP contribution in [0.15, 0.2) is 25.5 Å². The molecule has 0 rings (SSSR count). The first-order chi connectivity index (χ1) is 17.5. The SMILES string of the molecule is C=CC(CCCCCCCCCCCC)C(=O)O.C=COC(=O)CCCCCCCCCCCCC. The van der Waals surface area contributed by atoms with Gasteiger partial charge in [0, 0.05) is 6.42 Å². The molecule has 0 amide bonds. The van der Waals surface area contributed by atoms with Crippen molar-refractivity contribution in [2.45, 2.75) is 162 Å². The number of carboxylic acid groups (broad SMARTS) is 1. The number of rotatable bonds is 26. The van der Waals surface area contributed by atoms with Crippen molar-refractivity contribution in [1.82, 2.24) is 0 Å². The van der Waals surface area contributed by atoms with E-state index in [1.54, 1.807) is 6.08 Å². The largest absolute Gasteiger partial charge is 0.481 e. The third kappa shape index (κ3) is 30.5. The summed E-state index contributed by atoms with van der Waals surface area (Å²) in [6, 6.07) is 0. The van der Waals surface area contributed by atoms with Crippen molar-refractivity contribution in [3.8, 4) is 0 Å². The third-order valence-corrected chi connectivity index (χ3v) is 6.67. The van der Waals surface area contributed by atoms with Crippen LogP contribution in [-0.2, 0) is 14.3 Å². The minimum Gasteiger partial charge on any atom is -0.481 e. The highest BCUT2D eigenvalue weighted by molar-refractivity contribution is 5.71. The van der Waals surface area contributed by atoms with Crippen LogP contribution in [0.2, 0.25) is 0 Å². The van der Waals surface area contributed by atoms with Gasteiger partial charge in [-0.25, -0.2) is 0 Å². The number of esters is 1. The van der Waals surface area contributed by atoms with Crippen molar-refractivity contribution in [1.29, 1.82) is 0 Å². The van der Waals surface area contributed by atoms with Gasteiger partial charge in [-0.3, -0.25) is 9.59 Å². The zero-order valence-electron chi connectivity index (χ0n) is 24.1. The van der Waals surface area contributed by atoms with E-state index in [9.17, 15) is 9.59 Å². The molecule has 0 aromatic carbocycles. The molecule has 0 aliphatic heterocycles. The molecule has 0 aromatic heterocycles. The van der Waals surface area contributed by atoms with Crippen LogP contribution in [-0.4, -0.2) is 17.0 Å². The van der Waals surface area contributed by atoms with Crippen molar-refractivity contribution < 1.29 is 19.4 Å². The monoisotopic (exact) mass is 508 g/mol. The second kappa shape index (κ2) is 31.4. The maximum atomic E-state index is 11.0. The molecule has 36 heavy (non-hydrogen) atoms. The molecule has 0 aliphatic rings. The second-order valence-corrected chi connectivity index (χ2v) is 10.1. The molecule has 0 bridgehead atoms. The molecule has 212 valence electrons. The molecule has 4 heteroatoms. The first kappa shape index (κ1) is 36.6. The van der Waals surface area contributed by atoms with Crippen molar-refractivity contribution in [3.63, 3.8) is 0 Å². The molecule has 0 saturated carbocycles. The van der Waals surface area contributed by atoms with E-state index < -0.39 is 5.97 Å². The van der Waals surface area contributed by atoms with Crippen molar-refractivity contribution >= 4 is 11.9 Å². The lowest BCUT2D eigenvalue weighted by molar-refractivity contribution is -0.140. The van der Waals surface area contributed by atoms with Crippen LogP contribution in [0.4, 0.5) is 0 Å². The summed E-state index contributed by atoms with van der Waals surface area (Å²) in [5, 5.41) is 8.85. The minimum absolute atomic E-state index is 0.152. The van der Waals surface area contributed by atoms with Gasteiger partial charge in [-0.05, 0) is 12.8 Å². The van der Waals surface area contributed by atoms with Crippen molar-refractivity contribution in [2.24, 2.45) is 5.92 Å². The first-order valence-electron chi connectivity index (χ1n) is 15.2. The Balaban J connectivity index is 0. The first-order valence-corrected chi connectivity index (χ1v) is 15.2. The summed E-state index contributed by atoms with van der Waals surface area (Å²) in [5.74, 6) is -1.24. The Labute approximate surface area is 224 Å². The molecule has 1 unspecified atom stereocenters. The van der Waals surface area contributed by atoms with Gasteiger partial charge in [-0.1, -0.05) is 155 Å². The molecule has 0 spiro atoms. The van der Waals surface area contributed by atoms with E-state index in [1.165, 1.54) is 115 Å². The predicted octanol–water partition coefficient (Wildman–Crippen LogP) is 10.6. The summed E-state index contributed by atoms with van der Waals surface area (Å²) in [7, 11) is 0. The van der Waals surface area contributed by atoms with Gasteiger partial charge in [0.1, 0.15) is 0 Å². The van der Waals surface area contributed by atoms with Crippen LogP contribution >= 0.6 is 0 Å². The fraction of sp³-hybridized carbons (Fsp3) is 0.812. The molecule has 1 atom stereocenters. The number of hydrogen-bond donors (Lipinski definition) is 1. The van der Waals surface area contributed by atoms with Gasteiger partial charge in [0.15, 0.2) is 0 Å². The van der Waals surface area contributed by atoms with Crippen LogP contribution in [0.3, 0.4) is 0 Å². The Hall–Kier alpha value is -1.58. The van der Waals surface area contributed by atoms with Gasteiger partial charge < -0.3 is 9.84 Å². The standard InChI is InChI=1S/2C16H30O2/c1-3-5-6-7-8-9-10-11-12-13-14-15-16(17)18-4-2;1-3-5-6-7-8-9-10-11-12-13-14-15(4-2)16(17)18/h4H,2-3,5-15H2,1H3;4,15H,2-3,5-14H2,1H3,(H,17,18). The second-order valence-electron chi connectivity index (χ2n) is 10.1. The van der Waals surface area contributed by atoms with Crippen LogP contribution < -0.4 is 0 Å². The smallest absolute Gasteiger partial charge is 0.310 e. The van der Waals surface area contributed by atoms with Crippen LogP contribution in [0, 0.1) is 5.92 Å².